The summed E-state index contributed by atoms with van der Waals surface area (Å²) in [5, 5.41) is -0.328. The Hall–Kier alpha value is -1.74. The molecule has 0 atom stereocenters. The van der Waals surface area contributed by atoms with E-state index < -0.39 is 17.4 Å². The summed E-state index contributed by atoms with van der Waals surface area (Å²) in [6, 6.07) is 7.39. The van der Waals surface area contributed by atoms with E-state index in [0.717, 1.165) is 28.8 Å². The molecule has 0 N–H and O–H groups in total. The first kappa shape index (κ1) is 14.7. The van der Waals surface area contributed by atoms with Gasteiger partial charge in [-0.1, -0.05) is 35.4 Å². The van der Waals surface area contributed by atoms with Crippen LogP contribution in [0, 0.1) is 25.5 Å². The third-order valence-corrected chi connectivity index (χ3v) is 3.46. The van der Waals surface area contributed by atoms with Crippen LogP contribution in [0.2, 0.25) is 5.02 Å². The Bertz CT molecular complexity index is 680. The van der Waals surface area contributed by atoms with E-state index in [0.29, 0.717) is 0 Å². The average molecular weight is 295 g/mol. The smallest absolute Gasteiger partial charge is 0.170 e. The summed E-state index contributed by atoms with van der Waals surface area (Å²) in [6.45, 7) is 3.79. The van der Waals surface area contributed by atoms with Gasteiger partial charge in [-0.05, 0) is 37.1 Å². The van der Waals surface area contributed by atoms with Crippen LogP contribution >= 0.6 is 11.6 Å². The first-order valence-corrected chi connectivity index (χ1v) is 6.50. The number of carbonyl (C=O) groups is 1. The van der Waals surface area contributed by atoms with Crippen LogP contribution in [0.3, 0.4) is 0 Å². The molecule has 0 amide bonds. The van der Waals surface area contributed by atoms with Gasteiger partial charge in [-0.2, -0.15) is 0 Å². The van der Waals surface area contributed by atoms with E-state index in [2.05, 4.69) is 0 Å². The molecule has 2 aromatic carbocycles. The van der Waals surface area contributed by atoms with E-state index in [-0.39, 0.29) is 17.0 Å². The van der Waals surface area contributed by atoms with Crippen LogP contribution in [0.15, 0.2) is 30.3 Å². The van der Waals surface area contributed by atoms with Crippen molar-refractivity contribution in [1.29, 1.82) is 0 Å². The normalized spacial score (nSPS) is 10.7. The Labute approximate surface area is 121 Å². The van der Waals surface area contributed by atoms with E-state index in [1.807, 2.05) is 32.0 Å². The van der Waals surface area contributed by atoms with E-state index in [4.69, 9.17) is 11.6 Å². The number of hydrogen-bond donors (Lipinski definition) is 0. The van der Waals surface area contributed by atoms with Crippen molar-refractivity contribution in [2.75, 3.05) is 0 Å². The van der Waals surface area contributed by atoms with Gasteiger partial charge in [0.15, 0.2) is 5.78 Å². The molecule has 0 aliphatic carbocycles. The molecular weight excluding hydrogens is 282 g/mol. The van der Waals surface area contributed by atoms with Crippen molar-refractivity contribution in [1.82, 2.24) is 0 Å². The molecule has 0 saturated carbocycles. The minimum atomic E-state index is -0.799. The fraction of sp³-hybridized carbons (Fsp3) is 0.188. The van der Waals surface area contributed by atoms with Crippen LogP contribution in [0.1, 0.15) is 27.0 Å². The predicted octanol–water partition coefficient (Wildman–Crippen LogP) is 4.66. The van der Waals surface area contributed by atoms with Gasteiger partial charge < -0.3 is 0 Å². The first-order valence-electron chi connectivity index (χ1n) is 6.12. The van der Waals surface area contributed by atoms with Gasteiger partial charge in [-0.25, -0.2) is 8.78 Å². The Balaban J connectivity index is 2.33. The van der Waals surface area contributed by atoms with Crippen LogP contribution in [0.25, 0.3) is 0 Å². The Morgan fingerprint density at radius 3 is 2.50 bits per heavy atom. The number of benzene rings is 2. The summed E-state index contributed by atoms with van der Waals surface area (Å²) in [5.74, 6) is -2.06. The van der Waals surface area contributed by atoms with Crippen molar-refractivity contribution in [3.05, 3.63) is 69.2 Å². The molecule has 4 heteroatoms. The second-order valence-corrected chi connectivity index (χ2v) is 5.18. The lowest BCUT2D eigenvalue weighted by atomic mass is 9.97. The molecule has 0 fully saturated rings. The zero-order valence-corrected chi connectivity index (χ0v) is 11.9. The van der Waals surface area contributed by atoms with Crippen molar-refractivity contribution in [3.63, 3.8) is 0 Å². The number of aryl methyl sites for hydroxylation is 2. The summed E-state index contributed by atoms with van der Waals surface area (Å²) in [7, 11) is 0. The number of ketones is 1. The highest BCUT2D eigenvalue weighted by Gasteiger charge is 2.16. The summed E-state index contributed by atoms with van der Waals surface area (Å²) in [5.41, 5.74) is 2.50. The summed E-state index contributed by atoms with van der Waals surface area (Å²) in [4.78, 5) is 12.1. The number of rotatable bonds is 3. The topological polar surface area (TPSA) is 17.1 Å². The molecule has 0 aliphatic rings. The van der Waals surface area contributed by atoms with Crippen molar-refractivity contribution in [2.24, 2.45) is 0 Å². The van der Waals surface area contributed by atoms with Crippen molar-refractivity contribution >= 4 is 17.4 Å². The Morgan fingerprint density at radius 1 is 1.10 bits per heavy atom. The van der Waals surface area contributed by atoms with Gasteiger partial charge in [0.05, 0.1) is 10.6 Å². The quantitative estimate of drug-likeness (QED) is 0.594. The lowest BCUT2D eigenvalue weighted by Crippen LogP contribution is -2.08. The summed E-state index contributed by atoms with van der Waals surface area (Å²) >= 11 is 5.47. The monoisotopic (exact) mass is 294 g/mol. The summed E-state index contributed by atoms with van der Waals surface area (Å²) in [6.07, 6.45) is 0.0332. The molecule has 0 unspecified atom stereocenters. The van der Waals surface area contributed by atoms with Gasteiger partial charge in [-0.3, -0.25) is 4.79 Å². The molecule has 0 spiro atoms. The van der Waals surface area contributed by atoms with Crippen LogP contribution in [0.5, 0.6) is 0 Å². The minimum Gasteiger partial charge on any atom is -0.294 e. The lowest BCUT2D eigenvalue weighted by molar-refractivity contribution is 0.0988. The van der Waals surface area contributed by atoms with Crippen LogP contribution in [0.4, 0.5) is 8.78 Å². The van der Waals surface area contributed by atoms with Gasteiger partial charge in [0.2, 0.25) is 0 Å². The molecule has 104 valence electrons. The highest BCUT2D eigenvalue weighted by atomic mass is 35.5. The van der Waals surface area contributed by atoms with Gasteiger partial charge >= 0.3 is 0 Å². The van der Waals surface area contributed by atoms with Crippen molar-refractivity contribution < 1.29 is 13.6 Å². The zero-order valence-electron chi connectivity index (χ0n) is 11.1. The molecule has 0 radical (unpaired) electrons. The fourth-order valence-electron chi connectivity index (χ4n) is 2.00. The second-order valence-electron chi connectivity index (χ2n) is 4.78. The maximum absolute atomic E-state index is 13.7. The Kier molecular flexibility index (Phi) is 4.19. The third kappa shape index (κ3) is 3.05. The minimum absolute atomic E-state index is 0.0332. The zero-order chi connectivity index (χ0) is 14.9. The maximum atomic E-state index is 13.7. The first-order chi connectivity index (χ1) is 9.38. The van der Waals surface area contributed by atoms with Gasteiger partial charge in [-0.15, -0.1) is 0 Å². The van der Waals surface area contributed by atoms with E-state index in [9.17, 15) is 13.6 Å². The molecule has 20 heavy (non-hydrogen) atoms. The molecule has 0 saturated heterocycles. The molecule has 0 bridgehead atoms. The largest absolute Gasteiger partial charge is 0.294 e. The predicted molar refractivity (Wildman–Crippen MR) is 75.3 cm³/mol. The maximum Gasteiger partial charge on any atom is 0.170 e. The van der Waals surface area contributed by atoms with Crippen LogP contribution in [-0.4, -0.2) is 5.78 Å². The van der Waals surface area contributed by atoms with Crippen LogP contribution < -0.4 is 0 Å². The molecule has 0 aromatic heterocycles. The molecule has 2 aromatic rings. The molecular formula is C16H13ClF2O. The Morgan fingerprint density at radius 2 is 1.80 bits per heavy atom. The van der Waals surface area contributed by atoms with Crippen LogP contribution in [-0.2, 0) is 6.42 Å². The molecule has 0 aliphatic heterocycles. The van der Waals surface area contributed by atoms with E-state index in [1.165, 1.54) is 0 Å². The van der Waals surface area contributed by atoms with E-state index >= 15 is 0 Å². The molecule has 2 rings (SSSR count). The van der Waals surface area contributed by atoms with Crippen molar-refractivity contribution in [2.45, 2.75) is 20.3 Å². The van der Waals surface area contributed by atoms with Gasteiger partial charge in [0.25, 0.3) is 0 Å². The highest BCUT2D eigenvalue weighted by Crippen LogP contribution is 2.21. The lowest BCUT2D eigenvalue weighted by Gasteiger charge is -2.08. The molecule has 0 heterocycles. The standard InChI is InChI=1S/C16H13ClF2O/c1-9-3-4-10(2)11(5-9)6-16(20)12-7-15(19)13(17)8-14(12)18/h3-5,7-8H,6H2,1-2H3. The SMILES string of the molecule is Cc1ccc(C)c(CC(=O)c2cc(F)c(Cl)cc2F)c1. The van der Waals surface area contributed by atoms with Gasteiger partial charge in [0, 0.05) is 6.42 Å². The summed E-state index contributed by atoms with van der Waals surface area (Å²) < 4.78 is 27.0. The number of carbonyl (C=O) groups excluding carboxylic acids is 1. The highest BCUT2D eigenvalue weighted by molar-refractivity contribution is 6.30. The van der Waals surface area contributed by atoms with Crippen molar-refractivity contribution in [3.8, 4) is 0 Å². The second kappa shape index (κ2) is 5.71. The fourth-order valence-corrected chi connectivity index (χ4v) is 2.15. The average Bonchev–Trinajstić information content (AvgIpc) is 2.38. The van der Waals surface area contributed by atoms with E-state index in [1.54, 1.807) is 0 Å². The molecule has 1 nitrogen and oxygen atoms in total. The third-order valence-electron chi connectivity index (χ3n) is 3.17. The number of hydrogen-bond acceptors (Lipinski definition) is 1. The number of Topliss-reactive ketones (excluding diaryl/α,β-unsaturated/α-hetero) is 1. The van der Waals surface area contributed by atoms with Gasteiger partial charge in [0.1, 0.15) is 11.6 Å². The number of halogens is 3.